The SMILES string of the molecule is COc1cc(/C=N/NC(=O)c2nc(Cl)c(Cl)c(N)c2Cl)ccc1OC(=O)c1cccs1. The number of nitrogen functional groups attached to an aromatic ring is 1. The molecule has 3 rings (SSSR count). The summed E-state index contributed by atoms with van der Waals surface area (Å²) in [5.41, 5.74) is 8.24. The summed E-state index contributed by atoms with van der Waals surface area (Å²) in [7, 11) is 1.43. The smallest absolute Gasteiger partial charge is 0.353 e. The summed E-state index contributed by atoms with van der Waals surface area (Å²) in [6.07, 6.45) is 1.35. The Kier molecular flexibility index (Phi) is 7.34. The van der Waals surface area contributed by atoms with Gasteiger partial charge in [-0.1, -0.05) is 40.9 Å². The summed E-state index contributed by atoms with van der Waals surface area (Å²) in [6.45, 7) is 0. The van der Waals surface area contributed by atoms with E-state index in [4.69, 9.17) is 50.0 Å². The highest BCUT2D eigenvalue weighted by molar-refractivity contribution is 7.12. The molecule has 0 aliphatic heterocycles. The minimum atomic E-state index is -0.736. The Morgan fingerprint density at radius 2 is 1.97 bits per heavy atom. The Morgan fingerprint density at radius 3 is 2.65 bits per heavy atom. The van der Waals surface area contributed by atoms with Crippen LogP contribution in [0.3, 0.4) is 0 Å². The lowest BCUT2D eigenvalue weighted by Gasteiger charge is -2.09. The van der Waals surface area contributed by atoms with E-state index in [0.29, 0.717) is 16.2 Å². The molecule has 0 saturated carbocycles. The van der Waals surface area contributed by atoms with E-state index in [9.17, 15) is 9.59 Å². The molecule has 1 amide bonds. The van der Waals surface area contributed by atoms with E-state index >= 15 is 0 Å². The number of hydrogen-bond acceptors (Lipinski definition) is 8. The van der Waals surface area contributed by atoms with Gasteiger partial charge < -0.3 is 15.2 Å². The summed E-state index contributed by atoms with van der Waals surface area (Å²) in [4.78, 5) is 28.7. The number of rotatable bonds is 6. The number of aromatic nitrogens is 1. The van der Waals surface area contributed by atoms with Gasteiger partial charge in [-0.2, -0.15) is 5.10 Å². The van der Waals surface area contributed by atoms with Gasteiger partial charge in [0.1, 0.15) is 9.90 Å². The van der Waals surface area contributed by atoms with E-state index in [0.717, 1.165) is 0 Å². The third-order valence-electron chi connectivity index (χ3n) is 3.78. The van der Waals surface area contributed by atoms with Crippen LogP contribution in [0.2, 0.25) is 15.2 Å². The highest BCUT2D eigenvalue weighted by Crippen LogP contribution is 2.34. The minimum Gasteiger partial charge on any atom is -0.493 e. The monoisotopic (exact) mass is 498 g/mol. The van der Waals surface area contributed by atoms with Crippen LogP contribution < -0.4 is 20.6 Å². The fourth-order valence-electron chi connectivity index (χ4n) is 2.29. The van der Waals surface area contributed by atoms with Crippen molar-refractivity contribution in [3.8, 4) is 11.5 Å². The molecule has 3 aromatic rings. The Hall–Kier alpha value is -2.85. The van der Waals surface area contributed by atoms with Crippen LogP contribution in [0, 0.1) is 0 Å². The van der Waals surface area contributed by atoms with Gasteiger partial charge in [0.15, 0.2) is 22.3 Å². The molecule has 0 radical (unpaired) electrons. The van der Waals surface area contributed by atoms with Crippen molar-refractivity contribution in [1.29, 1.82) is 0 Å². The van der Waals surface area contributed by atoms with Crippen LogP contribution >= 0.6 is 46.1 Å². The van der Waals surface area contributed by atoms with Crippen LogP contribution in [-0.4, -0.2) is 30.2 Å². The quantitative estimate of drug-likeness (QED) is 0.167. The maximum absolute atomic E-state index is 12.3. The van der Waals surface area contributed by atoms with Gasteiger partial charge in [-0.3, -0.25) is 4.79 Å². The van der Waals surface area contributed by atoms with Crippen LogP contribution in [0.25, 0.3) is 0 Å². The zero-order valence-electron chi connectivity index (χ0n) is 15.7. The van der Waals surface area contributed by atoms with Gasteiger partial charge >= 0.3 is 5.97 Å². The molecule has 0 bridgehead atoms. The van der Waals surface area contributed by atoms with Gasteiger partial charge in [0.2, 0.25) is 0 Å². The van der Waals surface area contributed by atoms with E-state index in [1.807, 2.05) is 0 Å². The number of carbonyl (C=O) groups excluding carboxylic acids is 2. The number of benzene rings is 1. The minimum absolute atomic E-state index is 0.0429. The van der Waals surface area contributed by atoms with Gasteiger partial charge in [0, 0.05) is 0 Å². The number of pyridine rings is 1. The Balaban J connectivity index is 1.71. The third-order valence-corrected chi connectivity index (χ3v) is 5.76. The lowest BCUT2D eigenvalue weighted by Crippen LogP contribution is -2.20. The number of anilines is 1. The van der Waals surface area contributed by atoms with Crippen molar-refractivity contribution in [3.63, 3.8) is 0 Å². The molecule has 3 N–H and O–H groups in total. The van der Waals surface area contributed by atoms with Crippen LogP contribution in [0.5, 0.6) is 11.5 Å². The van der Waals surface area contributed by atoms with E-state index in [1.54, 1.807) is 35.7 Å². The van der Waals surface area contributed by atoms with Crippen molar-refractivity contribution in [2.45, 2.75) is 0 Å². The number of nitrogens with zero attached hydrogens (tertiary/aromatic N) is 2. The number of amides is 1. The molecule has 2 aromatic heterocycles. The Bertz CT molecular complexity index is 1170. The first-order chi connectivity index (χ1) is 14.8. The van der Waals surface area contributed by atoms with Crippen molar-refractivity contribution >= 4 is 69.9 Å². The van der Waals surface area contributed by atoms with Gasteiger partial charge in [0.25, 0.3) is 5.91 Å². The number of halogens is 3. The first-order valence-electron chi connectivity index (χ1n) is 8.39. The normalized spacial score (nSPS) is 10.8. The molecule has 0 aliphatic carbocycles. The molecule has 160 valence electrons. The lowest BCUT2D eigenvalue weighted by atomic mass is 10.2. The second-order valence-corrected chi connectivity index (χ2v) is 7.83. The topological polar surface area (TPSA) is 116 Å². The van der Waals surface area contributed by atoms with Crippen molar-refractivity contribution in [2.75, 3.05) is 12.8 Å². The van der Waals surface area contributed by atoms with Gasteiger partial charge in [-0.25, -0.2) is 15.2 Å². The molecule has 12 heteroatoms. The molecule has 0 fully saturated rings. The summed E-state index contributed by atoms with van der Waals surface area (Å²) in [5, 5.41) is 5.28. The molecule has 31 heavy (non-hydrogen) atoms. The van der Waals surface area contributed by atoms with Gasteiger partial charge in [-0.05, 0) is 35.2 Å². The first kappa shape index (κ1) is 22.8. The summed E-state index contributed by atoms with van der Waals surface area (Å²) in [6, 6.07) is 8.16. The molecule has 8 nitrogen and oxygen atoms in total. The fraction of sp³-hybridized carbons (Fsp3) is 0.0526. The summed E-state index contributed by atoms with van der Waals surface area (Å²) < 4.78 is 10.6. The Labute approximate surface area is 195 Å². The maximum Gasteiger partial charge on any atom is 0.353 e. The standard InChI is InChI=1S/C19H13Cl3N4O4S/c1-29-11-7-9(4-5-10(11)30-19(28)12-3-2-6-31-12)8-24-26-18(27)16-13(20)15(23)14(21)17(22)25-16/h2-8H,1H3,(H2,23,25)(H,26,27)/b24-8+. The Morgan fingerprint density at radius 1 is 1.19 bits per heavy atom. The fourth-order valence-corrected chi connectivity index (χ4v) is 3.49. The average Bonchev–Trinajstić information content (AvgIpc) is 3.30. The molecular formula is C19H13Cl3N4O4S. The van der Waals surface area contributed by atoms with Crippen LogP contribution in [0.15, 0.2) is 40.8 Å². The molecule has 0 saturated heterocycles. The molecule has 0 spiro atoms. The zero-order chi connectivity index (χ0) is 22.5. The number of esters is 1. The van der Waals surface area contributed by atoms with Crippen molar-refractivity contribution < 1.29 is 19.1 Å². The van der Waals surface area contributed by atoms with Crippen LogP contribution in [0.4, 0.5) is 5.69 Å². The van der Waals surface area contributed by atoms with E-state index in [1.165, 1.54) is 24.7 Å². The van der Waals surface area contributed by atoms with Gasteiger partial charge in [0.05, 0.1) is 24.0 Å². The second kappa shape index (κ2) is 9.97. The first-order valence-corrected chi connectivity index (χ1v) is 10.4. The maximum atomic E-state index is 12.3. The molecular weight excluding hydrogens is 487 g/mol. The number of ether oxygens (including phenoxy) is 2. The molecule has 1 aromatic carbocycles. The highest BCUT2D eigenvalue weighted by atomic mass is 35.5. The third kappa shape index (κ3) is 5.26. The molecule has 0 aliphatic rings. The number of hydrogen-bond donors (Lipinski definition) is 2. The number of carbonyl (C=O) groups is 2. The van der Waals surface area contributed by atoms with Crippen LogP contribution in [-0.2, 0) is 0 Å². The average molecular weight is 500 g/mol. The van der Waals surface area contributed by atoms with E-state index < -0.39 is 11.9 Å². The predicted octanol–water partition coefficient (Wildman–Crippen LogP) is 4.68. The van der Waals surface area contributed by atoms with Crippen molar-refractivity contribution in [1.82, 2.24) is 10.4 Å². The van der Waals surface area contributed by atoms with Gasteiger partial charge in [-0.15, -0.1) is 11.3 Å². The number of hydrazone groups is 1. The van der Waals surface area contributed by atoms with E-state index in [-0.39, 0.29) is 32.3 Å². The zero-order valence-corrected chi connectivity index (χ0v) is 18.8. The van der Waals surface area contributed by atoms with Crippen molar-refractivity contribution in [3.05, 3.63) is 67.0 Å². The number of nitrogens with one attached hydrogen (secondary N) is 1. The van der Waals surface area contributed by atoms with E-state index in [2.05, 4.69) is 15.5 Å². The van der Waals surface area contributed by atoms with Crippen LogP contribution in [0.1, 0.15) is 25.7 Å². The molecule has 0 unspecified atom stereocenters. The van der Waals surface area contributed by atoms with Crippen molar-refractivity contribution in [2.24, 2.45) is 5.10 Å². The lowest BCUT2D eigenvalue weighted by molar-refractivity contribution is 0.0734. The second-order valence-electron chi connectivity index (χ2n) is 5.77. The molecule has 0 atom stereocenters. The summed E-state index contributed by atoms with van der Waals surface area (Å²) >= 11 is 18.9. The largest absolute Gasteiger partial charge is 0.493 e. The number of methoxy groups -OCH3 is 1. The number of thiophene rings is 1. The number of nitrogens with two attached hydrogens (primary N) is 1. The molecule has 2 heterocycles. The highest BCUT2D eigenvalue weighted by Gasteiger charge is 2.19. The summed E-state index contributed by atoms with van der Waals surface area (Å²) in [5.74, 6) is -0.682. The predicted molar refractivity (Wildman–Crippen MR) is 121 cm³/mol.